The van der Waals surface area contributed by atoms with E-state index in [0.29, 0.717) is 11.4 Å². The fourth-order valence-corrected chi connectivity index (χ4v) is 3.94. The van der Waals surface area contributed by atoms with Gasteiger partial charge >= 0.3 is 0 Å². The summed E-state index contributed by atoms with van der Waals surface area (Å²) in [5.41, 5.74) is 4.38. The van der Waals surface area contributed by atoms with Gasteiger partial charge in [-0.1, -0.05) is 11.3 Å². The fraction of sp³-hybridized carbons (Fsp3) is 0.200. The summed E-state index contributed by atoms with van der Waals surface area (Å²) in [5.74, 6) is 0.675. The molecule has 1 amide bonds. The van der Waals surface area contributed by atoms with Crippen LogP contribution in [0.15, 0.2) is 42.9 Å². The third kappa shape index (κ3) is 3.46. The molecule has 0 saturated heterocycles. The zero-order chi connectivity index (χ0) is 19.7. The maximum Gasteiger partial charge on any atom is 0.263 e. The number of thiazole rings is 1. The summed E-state index contributed by atoms with van der Waals surface area (Å²) >= 11 is 1.38. The van der Waals surface area contributed by atoms with Gasteiger partial charge in [-0.15, -0.1) is 0 Å². The van der Waals surface area contributed by atoms with Gasteiger partial charge in [0.25, 0.3) is 5.91 Å². The summed E-state index contributed by atoms with van der Waals surface area (Å²) in [6.07, 6.45) is 3.45. The molecule has 3 heterocycles. The van der Waals surface area contributed by atoms with Crippen LogP contribution in [0, 0.1) is 13.8 Å². The predicted octanol–water partition coefficient (Wildman–Crippen LogP) is 3.41. The molecular weight excluding hydrogens is 374 g/mol. The number of benzene rings is 1. The molecule has 142 valence electrons. The molecule has 1 N–H and O–H groups in total. The molecule has 0 aliphatic rings. The Morgan fingerprint density at radius 2 is 2.00 bits per heavy atom. The van der Waals surface area contributed by atoms with E-state index in [9.17, 15) is 4.79 Å². The van der Waals surface area contributed by atoms with Gasteiger partial charge in [0.15, 0.2) is 4.96 Å². The smallest absolute Gasteiger partial charge is 0.263 e. The highest BCUT2D eigenvalue weighted by Gasteiger charge is 2.18. The Bertz CT molecular complexity index is 1150. The van der Waals surface area contributed by atoms with Crippen LogP contribution in [0.2, 0.25) is 0 Å². The van der Waals surface area contributed by atoms with E-state index in [4.69, 9.17) is 4.74 Å². The standard InChI is InChI=1S/C20H19N5O2S/c1-12-8-15(23-11-22-12)9-21-19(26)18-13(2)25-10-17(24-20(25)28-18)14-4-6-16(27-3)7-5-14/h4-8,10-11H,9H2,1-3H3,(H,21,26). The van der Waals surface area contributed by atoms with Crippen LogP contribution in [-0.2, 0) is 6.54 Å². The second kappa shape index (κ2) is 7.40. The van der Waals surface area contributed by atoms with Crippen molar-refractivity contribution in [2.24, 2.45) is 0 Å². The van der Waals surface area contributed by atoms with Gasteiger partial charge in [0.1, 0.15) is 17.0 Å². The first kappa shape index (κ1) is 18.1. The van der Waals surface area contributed by atoms with Crippen LogP contribution in [0.1, 0.15) is 26.8 Å². The van der Waals surface area contributed by atoms with Gasteiger partial charge in [-0.25, -0.2) is 15.0 Å². The number of aryl methyl sites for hydroxylation is 2. The summed E-state index contributed by atoms with van der Waals surface area (Å²) in [6, 6.07) is 9.61. The Hall–Kier alpha value is -3.26. The second-order valence-corrected chi connectivity index (χ2v) is 7.33. The number of nitrogens with zero attached hydrogens (tertiary/aromatic N) is 4. The van der Waals surface area contributed by atoms with E-state index >= 15 is 0 Å². The van der Waals surface area contributed by atoms with Crippen molar-refractivity contribution in [1.82, 2.24) is 24.7 Å². The van der Waals surface area contributed by atoms with Crippen LogP contribution < -0.4 is 10.1 Å². The SMILES string of the molecule is COc1ccc(-c2cn3c(C)c(C(=O)NCc4cc(C)ncn4)sc3n2)cc1. The van der Waals surface area contributed by atoms with Gasteiger partial charge in [-0.3, -0.25) is 9.20 Å². The number of fused-ring (bicyclic) bond motifs is 1. The van der Waals surface area contributed by atoms with E-state index in [-0.39, 0.29) is 5.91 Å². The minimum atomic E-state index is -0.129. The van der Waals surface area contributed by atoms with Gasteiger partial charge in [-0.05, 0) is 44.2 Å². The van der Waals surface area contributed by atoms with Crippen LogP contribution in [-0.4, -0.2) is 32.4 Å². The van der Waals surface area contributed by atoms with Gasteiger partial charge in [0, 0.05) is 23.1 Å². The van der Waals surface area contributed by atoms with E-state index in [1.165, 1.54) is 17.7 Å². The Balaban J connectivity index is 1.54. The average Bonchev–Trinajstić information content (AvgIpc) is 3.26. The topological polar surface area (TPSA) is 81.4 Å². The Kier molecular flexibility index (Phi) is 4.79. The number of imidazole rings is 1. The quantitative estimate of drug-likeness (QED) is 0.562. The molecule has 0 spiro atoms. The number of methoxy groups -OCH3 is 1. The fourth-order valence-electron chi connectivity index (χ4n) is 2.92. The van der Waals surface area contributed by atoms with Gasteiger partial charge < -0.3 is 10.1 Å². The molecule has 0 unspecified atom stereocenters. The maximum atomic E-state index is 12.6. The summed E-state index contributed by atoms with van der Waals surface area (Å²) in [5, 5.41) is 2.92. The molecule has 7 nitrogen and oxygen atoms in total. The number of amides is 1. The lowest BCUT2D eigenvalue weighted by atomic mass is 10.2. The summed E-state index contributed by atoms with van der Waals surface area (Å²) < 4.78 is 7.15. The van der Waals surface area contributed by atoms with E-state index in [0.717, 1.165) is 39.0 Å². The van der Waals surface area contributed by atoms with Crippen molar-refractivity contribution in [3.05, 3.63) is 64.8 Å². The van der Waals surface area contributed by atoms with Crippen molar-refractivity contribution in [2.75, 3.05) is 7.11 Å². The lowest BCUT2D eigenvalue weighted by molar-refractivity contribution is 0.0953. The molecule has 1 aromatic carbocycles. The minimum absolute atomic E-state index is 0.129. The lowest BCUT2D eigenvalue weighted by Crippen LogP contribution is -2.23. The Morgan fingerprint density at radius 1 is 1.21 bits per heavy atom. The molecule has 0 atom stereocenters. The third-order valence-electron chi connectivity index (χ3n) is 4.44. The molecule has 0 bridgehead atoms. The average molecular weight is 393 g/mol. The third-order valence-corrected chi connectivity index (χ3v) is 5.59. The zero-order valence-corrected chi connectivity index (χ0v) is 16.6. The first-order chi connectivity index (χ1) is 13.5. The Morgan fingerprint density at radius 3 is 2.68 bits per heavy atom. The van der Waals surface area contributed by atoms with Crippen LogP contribution in [0.3, 0.4) is 0 Å². The largest absolute Gasteiger partial charge is 0.497 e. The highest BCUT2D eigenvalue weighted by Crippen LogP contribution is 2.28. The van der Waals surface area contributed by atoms with Gasteiger partial charge in [0.2, 0.25) is 0 Å². The van der Waals surface area contributed by atoms with Crippen LogP contribution in [0.5, 0.6) is 5.75 Å². The second-order valence-electron chi connectivity index (χ2n) is 6.36. The molecule has 0 saturated carbocycles. The number of hydrogen-bond acceptors (Lipinski definition) is 6. The molecule has 4 rings (SSSR count). The Labute approximate surface area is 166 Å². The molecule has 3 aromatic heterocycles. The van der Waals surface area contributed by atoms with Gasteiger partial charge in [-0.2, -0.15) is 0 Å². The van der Waals surface area contributed by atoms with Crippen molar-refractivity contribution < 1.29 is 9.53 Å². The van der Waals surface area contributed by atoms with Crippen molar-refractivity contribution in [1.29, 1.82) is 0 Å². The molecule has 8 heteroatoms. The van der Waals surface area contributed by atoms with Crippen LogP contribution >= 0.6 is 11.3 Å². The van der Waals surface area contributed by atoms with E-state index < -0.39 is 0 Å². The molecule has 0 aliphatic heterocycles. The van der Waals surface area contributed by atoms with Crippen molar-refractivity contribution in [3.63, 3.8) is 0 Å². The van der Waals surface area contributed by atoms with E-state index in [2.05, 4.69) is 20.3 Å². The van der Waals surface area contributed by atoms with Crippen LogP contribution in [0.4, 0.5) is 0 Å². The molecular formula is C20H19N5O2S. The maximum absolute atomic E-state index is 12.6. The normalized spacial score (nSPS) is 11.0. The molecule has 0 fully saturated rings. The summed E-state index contributed by atoms with van der Waals surface area (Å²) in [6.45, 7) is 4.18. The first-order valence-electron chi connectivity index (χ1n) is 8.74. The van der Waals surface area contributed by atoms with E-state index in [1.807, 2.05) is 54.8 Å². The molecule has 0 aliphatic carbocycles. The number of hydrogen-bond donors (Lipinski definition) is 1. The number of carbonyl (C=O) groups is 1. The molecule has 28 heavy (non-hydrogen) atoms. The molecule has 4 aromatic rings. The monoisotopic (exact) mass is 393 g/mol. The summed E-state index contributed by atoms with van der Waals surface area (Å²) in [7, 11) is 1.64. The van der Waals surface area contributed by atoms with Crippen molar-refractivity contribution in [3.8, 4) is 17.0 Å². The molecule has 0 radical (unpaired) electrons. The van der Waals surface area contributed by atoms with Crippen molar-refractivity contribution in [2.45, 2.75) is 20.4 Å². The number of carbonyl (C=O) groups excluding carboxylic acids is 1. The summed E-state index contributed by atoms with van der Waals surface area (Å²) in [4.78, 5) is 27.0. The zero-order valence-electron chi connectivity index (χ0n) is 15.8. The van der Waals surface area contributed by atoms with Gasteiger partial charge in [0.05, 0.1) is 25.0 Å². The van der Waals surface area contributed by atoms with Crippen LogP contribution in [0.25, 0.3) is 16.2 Å². The predicted molar refractivity (Wildman–Crippen MR) is 108 cm³/mol. The highest BCUT2D eigenvalue weighted by atomic mass is 32.1. The number of nitrogens with one attached hydrogen (secondary N) is 1. The highest BCUT2D eigenvalue weighted by molar-refractivity contribution is 7.19. The van der Waals surface area contributed by atoms with E-state index in [1.54, 1.807) is 7.11 Å². The lowest BCUT2D eigenvalue weighted by Gasteiger charge is -2.04. The van der Waals surface area contributed by atoms with Crippen molar-refractivity contribution >= 4 is 22.2 Å². The number of aromatic nitrogens is 4. The number of ether oxygens (including phenoxy) is 1. The number of rotatable bonds is 5. The minimum Gasteiger partial charge on any atom is -0.497 e. The first-order valence-corrected chi connectivity index (χ1v) is 9.55.